The Kier molecular flexibility index (Phi) is 5.89. The number of alkyl halides is 3. The average Bonchev–Trinajstić information content (AvgIpc) is 2.67. The Labute approximate surface area is 160 Å². The predicted octanol–water partition coefficient (Wildman–Crippen LogP) is 4.44. The molecule has 1 fully saturated rings. The fourth-order valence-corrected chi connectivity index (χ4v) is 3.27. The number of nitrogens with one attached hydrogen (secondary N) is 1. The molecule has 0 bridgehead atoms. The highest BCUT2D eigenvalue weighted by molar-refractivity contribution is 6.31. The van der Waals surface area contributed by atoms with E-state index in [-0.39, 0.29) is 18.7 Å². The lowest BCUT2D eigenvalue weighted by Gasteiger charge is -2.33. The summed E-state index contributed by atoms with van der Waals surface area (Å²) in [5.74, 6) is -0.952. The Morgan fingerprint density at radius 1 is 1.19 bits per heavy atom. The van der Waals surface area contributed by atoms with Gasteiger partial charge in [-0.25, -0.2) is 4.98 Å². The highest BCUT2D eigenvalue weighted by atomic mass is 35.5. The molecule has 2 heterocycles. The number of anilines is 1. The number of nitrogens with zero attached hydrogens (tertiary/aromatic N) is 2. The highest BCUT2D eigenvalue weighted by Crippen LogP contribution is 2.35. The molecule has 0 saturated carbocycles. The van der Waals surface area contributed by atoms with Crippen LogP contribution in [0, 0.1) is 5.92 Å². The van der Waals surface area contributed by atoms with E-state index in [0.717, 1.165) is 5.56 Å². The molecule has 1 amide bonds. The van der Waals surface area contributed by atoms with E-state index in [0.29, 0.717) is 36.0 Å². The van der Waals surface area contributed by atoms with E-state index in [4.69, 9.17) is 11.6 Å². The number of carbonyl (C=O) groups excluding carboxylic acids is 1. The SMILES string of the molecule is O=C(NCc1ccccc1Cl)c1ccc(N2CCC(C(F)(F)F)CC2)nc1. The monoisotopic (exact) mass is 397 g/mol. The maximum Gasteiger partial charge on any atom is 0.391 e. The molecule has 1 aromatic carbocycles. The summed E-state index contributed by atoms with van der Waals surface area (Å²) in [6.07, 6.45) is -2.58. The molecule has 0 radical (unpaired) electrons. The zero-order chi connectivity index (χ0) is 19.4. The number of pyridine rings is 1. The predicted molar refractivity (Wildman–Crippen MR) is 97.9 cm³/mol. The van der Waals surface area contributed by atoms with Gasteiger partial charge in [-0.05, 0) is 36.6 Å². The van der Waals surface area contributed by atoms with Crippen molar-refractivity contribution in [3.63, 3.8) is 0 Å². The molecule has 4 nitrogen and oxygen atoms in total. The van der Waals surface area contributed by atoms with Gasteiger partial charge in [0.25, 0.3) is 5.91 Å². The fourth-order valence-electron chi connectivity index (χ4n) is 3.06. The molecule has 144 valence electrons. The summed E-state index contributed by atoms with van der Waals surface area (Å²) >= 11 is 6.06. The van der Waals surface area contributed by atoms with Crippen molar-refractivity contribution in [2.75, 3.05) is 18.0 Å². The van der Waals surface area contributed by atoms with Crippen molar-refractivity contribution in [2.24, 2.45) is 5.92 Å². The molecule has 2 aromatic rings. The molecule has 0 unspecified atom stereocenters. The van der Waals surface area contributed by atoms with Crippen LogP contribution in [0.2, 0.25) is 5.02 Å². The van der Waals surface area contributed by atoms with E-state index < -0.39 is 12.1 Å². The Hall–Kier alpha value is -2.28. The first kappa shape index (κ1) is 19.5. The summed E-state index contributed by atoms with van der Waals surface area (Å²) in [7, 11) is 0. The molecule has 1 aromatic heterocycles. The van der Waals surface area contributed by atoms with Crippen LogP contribution in [0.25, 0.3) is 0 Å². The number of hydrogen-bond donors (Lipinski definition) is 1. The maximum atomic E-state index is 12.7. The summed E-state index contributed by atoms with van der Waals surface area (Å²) in [6.45, 7) is 0.898. The third kappa shape index (κ3) is 4.91. The summed E-state index contributed by atoms with van der Waals surface area (Å²) in [6, 6.07) is 10.5. The lowest BCUT2D eigenvalue weighted by molar-refractivity contribution is -0.179. The normalized spacial score (nSPS) is 15.6. The standard InChI is InChI=1S/C19H19ClF3N3O/c20-16-4-2-1-3-13(16)11-25-18(27)14-5-6-17(24-12-14)26-9-7-15(8-10-26)19(21,22)23/h1-6,12,15H,7-11H2,(H,25,27). The van der Waals surface area contributed by atoms with Crippen molar-refractivity contribution in [3.05, 3.63) is 58.7 Å². The molecule has 1 aliphatic rings. The van der Waals surface area contributed by atoms with Crippen LogP contribution in [0.4, 0.5) is 19.0 Å². The minimum absolute atomic E-state index is 0.0608. The molecule has 8 heteroatoms. The molecule has 27 heavy (non-hydrogen) atoms. The van der Waals surface area contributed by atoms with E-state index >= 15 is 0 Å². The quantitative estimate of drug-likeness (QED) is 0.829. The number of aromatic nitrogens is 1. The Morgan fingerprint density at radius 3 is 2.48 bits per heavy atom. The van der Waals surface area contributed by atoms with Gasteiger partial charge in [0.15, 0.2) is 0 Å². The van der Waals surface area contributed by atoms with Gasteiger partial charge in [-0.2, -0.15) is 13.2 Å². The summed E-state index contributed by atoms with van der Waals surface area (Å²) < 4.78 is 38.2. The second kappa shape index (κ2) is 8.17. The first-order valence-corrected chi connectivity index (χ1v) is 9.01. The van der Waals surface area contributed by atoms with Crippen LogP contribution in [-0.2, 0) is 6.54 Å². The van der Waals surface area contributed by atoms with Gasteiger partial charge in [-0.1, -0.05) is 29.8 Å². The maximum absolute atomic E-state index is 12.7. The average molecular weight is 398 g/mol. The van der Waals surface area contributed by atoms with Crippen molar-refractivity contribution in [1.82, 2.24) is 10.3 Å². The summed E-state index contributed by atoms with van der Waals surface area (Å²) in [4.78, 5) is 18.3. The molecule has 1 aliphatic heterocycles. The van der Waals surface area contributed by atoms with Crippen LogP contribution in [0.15, 0.2) is 42.6 Å². The van der Waals surface area contributed by atoms with Crippen molar-refractivity contribution in [2.45, 2.75) is 25.6 Å². The van der Waals surface area contributed by atoms with Gasteiger partial charge in [0.2, 0.25) is 0 Å². The van der Waals surface area contributed by atoms with E-state index in [2.05, 4.69) is 10.3 Å². The molecule has 0 atom stereocenters. The van der Waals surface area contributed by atoms with E-state index in [1.807, 2.05) is 23.1 Å². The van der Waals surface area contributed by atoms with Gasteiger partial charge in [0.05, 0.1) is 11.5 Å². The first-order chi connectivity index (χ1) is 12.8. The van der Waals surface area contributed by atoms with Crippen LogP contribution in [0.5, 0.6) is 0 Å². The van der Waals surface area contributed by atoms with Gasteiger partial charge in [0, 0.05) is 30.9 Å². The number of piperidine rings is 1. The number of halogens is 4. The van der Waals surface area contributed by atoms with Crippen LogP contribution < -0.4 is 10.2 Å². The number of hydrogen-bond acceptors (Lipinski definition) is 3. The zero-order valence-corrected chi connectivity index (χ0v) is 15.2. The lowest BCUT2D eigenvalue weighted by atomic mass is 9.96. The molecular formula is C19H19ClF3N3O. The third-order valence-electron chi connectivity index (χ3n) is 4.69. The van der Waals surface area contributed by atoms with Crippen molar-refractivity contribution < 1.29 is 18.0 Å². The highest BCUT2D eigenvalue weighted by Gasteiger charge is 2.41. The van der Waals surface area contributed by atoms with Gasteiger partial charge < -0.3 is 10.2 Å². The number of rotatable bonds is 4. The van der Waals surface area contributed by atoms with E-state index in [1.54, 1.807) is 18.2 Å². The Bertz CT molecular complexity index is 788. The number of carbonyl (C=O) groups is 1. The smallest absolute Gasteiger partial charge is 0.357 e. The van der Waals surface area contributed by atoms with Gasteiger partial charge in [-0.15, -0.1) is 0 Å². The van der Waals surface area contributed by atoms with E-state index in [9.17, 15) is 18.0 Å². The van der Waals surface area contributed by atoms with Crippen LogP contribution in [0.3, 0.4) is 0 Å². The lowest BCUT2D eigenvalue weighted by Crippen LogP contribution is -2.39. The van der Waals surface area contributed by atoms with Gasteiger partial charge in [-0.3, -0.25) is 4.79 Å². The third-order valence-corrected chi connectivity index (χ3v) is 5.06. The topological polar surface area (TPSA) is 45.2 Å². The minimum Gasteiger partial charge on any atom is -0.357 e. The number of benzene rings is 1. The molecule has 3 rings (SSSR count). The summed E-state index contributed by atoms with van der Waals surface area (Å²) in [5.41, 5.74) is 1.20. The molecule has 0 spiro atoms. The fraction of sp³-hybridized carbons (Fsp3) is 0.368. The minimum atomic E-state index is -4.14. The van der Waals surface area contributed by atoms with Gasteiger partial charge in [0.1, 0.15) is 5.82 Å². The van der Waals surface area contributed by atoms with Gasteiger partial charge >= 0.3 is 6.18 Å². The van der Waals surface area contributed by atoms with Crippen molar-refractivity contribution in [1.29, 1.82) is 0 Å². The Morgan fingerprint density at radius 2 is 1.89 bits per heavy atom. The number of amides is 1. The largest absolute Gasteiger partial charge is 0.391 e. The van der Waals surface area contributed by atoms with Crippen molar-refractivity contribution >= 4 is 23.3 Å². The van der Waals surface area contributed by atoms with E-state index in [1.165, 1.54) is 6.20 Å². The van der Waals surface area contributed by atoms with Crippen LogP contribution in [-0.4, -0.2) is 30.2 Å². The molecule has 1 N–H and O–H groups in total. The van der Waals surface area contributed by atoms with Crippen molar-refractivity contribution in [3.8, 4) is 0 Å². The molecule has 0 aliphatic carbocycles. The summed E-state index contributed by atoms with van der Waals surface area (Å²) in [5, 5.41) is 3.35. The van der Waals surface area contributed by atoms with Crippen LogP contribution in [0.1, 0.15) is 28.8 Å². The second-order valence-corrected chi connectivity index (χ2v) is 6.89. The first-order valence-electron chi connectivity index (χ1n) is 8.64. The van der Waals surface area contributed by atoms with Crippen LogP contribution >= 0.6 is 11.6 Å². The molecule has 1 saturated heterocycles. The second-order valence-electron chi connectivity index (χ2n) is 6.48. The Balaban J connectivity index is 1.56. The zero-order valence-electron chi connectivity index (χ0n) is 14.5. The molecular weight excluding hydrogens is 379 g/mol.